The summed E-state index contributed by atoms with van der Waals surface area (Å²) in [5.41, 5.74) is 4.70. The summed E-state index contributed by atoms with van der Waals surface area (Å²) in [6.45, 7) is 2.46. The van der Waals surface area contributed by atoms with Gasteiger partial charge in [-0.05, 0) is 52.2 Å². The summed E-state index contributed by atoms with van der Waals surface area (Å²) in [6.07, 6.45) is 1.73. The number of benzene rings is 3. The van der Waals surface area contributed by atoms with Crippen molar-refractivity contribution in [3.05, 3.63) is 99.0 Å². The maximum absolute atomic E-state index is 12.3. The number of methoxy groups -OCH3 is 1. The summed E-state index contributed by atoms with van der Waals surface area (Å²) >= 11 is 3.57. The Hall–Kier alpha value is -3.38. The van der Waals surface area contributed by atoms with E-state index < -0.39 is 5.97 Å². The molecule has 3 aromatic carbocycles. The number of carbonyl (C=O) groups excluding carboxylic acids is 1. The van der Waals surface area contributed by atoms with E-state index in [1.807, 2.05) is 73.7 Å². The van der Waals surface area contributed by atoms with Crippen LogP contribution in [0.4, 0.5) is 0 Å². The minimum atomic E-state index is -0.492. The van der Waals surface area contributed by atoms with Gasteiger partial charge in [0.1, 0.15) is 12.3 Å². The first-order valence-electron chi connectivity index (χ1n) is 9.68. The molecule has 0 N–H and O–H groups in total. The Morgan fingerprint density at radius 3 is 2.52 bits per heavy atom. The van der Waals surface area contributed by atoms with Crippen molar-refractivity contribution >= 4 is 33.7 Å². The Morgan fingerprint density at radius 2 is 1.81 bits per heavy atom. The van der Waals surface area contributed by atoms with Gasteiger partial charge in [-0.1, -0.05) is 65.3 Å². The summed E-state index contributed by atoms with van der Waals surface area (Å²) in [5.74, 6) is 0.655. The number of ether oxygens (including phenoxy) is 2. The molecule has 0 fully saturated rings. The van der Waals surface area contributed by atoms with Crippen LogP contribution in [0.2, 0.25) is 0 Å². The maximum atomic E-state index is 12.3. The second kappa shape index (κ2) is 9.18. The first-order chi connectivity index (χ1) is 15.0. The van der Waals surface area contributed by atoms with Crippen molar-refractivity contribution in [2.75, 3.05) is 7.11 Å². The third-order valence-corrected chi connectivity index (χ3v) is 5.40. The molecule has 4 rings (SSSR count). The number of oxime groups is 1. The summed E-state index contributed by atoms with van der Waals surface area (Å²) < 4.78 is 12.3. The summed E-state index contributed by atoms with van der Waals surface area (Å²) in [4.78, 5) is 17.2. The van der Waals surface area contributed by atoms with Gasteiger partial charge in [0.2, 0.25) is 0 Å². The lowest BCUT2D eigenvalue weighted by molar-refractivity contribution is -0.136. The minimum Gasteiger partial charge on any atom is -0.493 e. The van der Waals surface area contributed by atoms with Crippen LogP contribution >= 0.6 is 15.9 Å². The Balaban J connectivity index is 1.62. The van der Waals surface area contributed by atoms with Gasteiger partial charge in [0.15, 0.2) is 11.5 Å². The van der Waals surface area contributed by atoms with E-state index in [2.05, 4.69) is 21.1 Å². The molecule has 1 aliphatic rings. The Kier molecular flexibility index (Phi) is 6.18. The van der Waals surface area contributed by atoms with Crippen LogP contribution in [0, 0.1) is 6.92 Å². The van der Waals surface area contributed by atoms with Crippen LogP contribution in [-0.4, -0.2) is 18.8 Å². The van der Waals surface area contributed by atoms with Crippen LogP contribution in [-0.2, 0) is 16.2 Å². The molecule has 3 aromatic rings. The van der Waals surface area contributed by atoms with Gasteiger partial charge in [-0.2, -0.15) is 0 Å². The monoisotopic (exact) mass is 477 g/mol. The van der Waals surface area contributed by atoms with Crippen LogP contribution in [0.1, 0.15) is 22.3 Å². The Morgan fingerprint density at radius 1 is 1.06 bits per heavy atom. The van der Waals surface area contributed by atoms with Crippen molar-refractivity contribution in [2.45, 2.75) is 13.5 Å². The molecule has 6 heteroatoms. The fourth-order valence-electron chi connectivity index (χ4n) is 3.18. The second-order valence-corrected chi connectivity index (χ2v) is 7.91. The van der Waals surface area contributed by atoms with E-state index in [9.17, 15) is 4.79 Å². The summed E-state index contributed by atoms with van der Waals surface area (Å²) in [7, 11) is 1.58. The normalized spacial score (nSPS) is 14.4. The summed E-state index contributed by atoms with van der Waals surface area (Å²) in [5, 5.41) is 3.95. The largest absolute Gasteiger partial charge is 0.493 e. The highest BCUT2D eigenvalue weighted by Gasteiger charge is 2.27. The molecular weight excluding hydrogens is 458 g/mol. The van der Waals surface area contributed by atoms with Gasteiger partial charge in [-0.25, -0.2) is 4.79 Å². The molecule has 0 amide bonds. The van der Waals surface area contributed by atoms with Gasteiger partial charge in [0.05, 0.1) is 17.2 Å². The quantitative estimate of drug-likeness (QED) is 0.338. The number of halogens is 1. The number of aryl methyl sites for hydroxylation is 1. The second-order valence-electron chi connectivity index (χ2n) is 7.05. The lowest BCUT2D eigenvalue weighted by atomic mass is 10.0. The van der Waals surface area contributed by atoms with Crippen molar-refractivity contribution in [3.8, 4) is 11.5 Å². The fourth-order valence-corrected chi connectivity index (χ4v) is 3.76. The van der Waals surface area contributed by atoms with Crippen LogP contribution in [0.15, 0.2) is 81.9 Å². The number of carbonyl (C=O) groups is 1. The highest BCUT2D eigenvalue weighted by Crippen LogP contribution is 2.38. The van der Waals surface area contributed by atoms with Crippen LogP contribution in [0.5, 0.6) is 11.5 Å². The molecule has 0 bridgehead atoms. The van der Waals surface area contributed by atoms with E-state index in [-0.39, 0.29) is 0 Å². The predicted molar refractivity (Wildman–Crippen MR) is 123 cm³/mol. The van der Waals surface area contributed by atoms with E-state index in [0.29, 0.717) is 29.4 Å². The maximum Gasteiger partial charge on any atom is 0.368 e. The molecule has 0 saturated carbocycles. The molecule has 0 radical (unpaired) electrons. The molecule has 0 aromatic heterocycles. The lowest BCUT2D eigenvalue weighted by Gasteiger charge is -2.14. The molecule has 156 valence electrons. The Labute approximate surface area is 189 Å². The van der Waals surface area contributed by atoms with Crippen molar-refractivity contribution in [3.63, 3.8) is 0 Å². The van der Waals surface area contributed by atoms with E-state index in [1.165, 1.54) is 5.56 Å². The predicted octanol–water partition coefficient (Wildman–Crippen LogP) is 5.69. The first kappa shape index (κ1) is 20.9. The van der Waals surface area contributed by atoms with Crippen molar-refractivity contribution in [1.82, 2.24) is 0 Å². The van der Waals surface area contributed by atoms with Crippen LogP contribution in [0.3, 0.4) is 0 Å². The van der Waals surface area contributed by atoms with Gasteiger partial charge < -0.3 is 14.3 Å². The minimum absolute atomic E-state index is 0.383. The van der Waals surface area contributed by atoms with Crippen molar-refractivity contribution in [1.29, 1.82) is 0 Å². The zero-order valence-electron chi connectivity index (χ0n) is 17.1. The van der Waals surface area contributed by atoms with Gasteiger partial charge in [0.25, 0.3) is 0 Å². The van der Waals surface area contributed by atoms with Crippen LogP contribution < -0.4 is 9.47 Å². The molecule has 31 heavy (non-hydrogen) atoms. The van der Waals surface area contributed by atoms with Gasteiger partial charge >= 0.3 is 5.97 Å². The van der Waals surface area contributed by atoms with E-state index in [1.54, 1.807) is 13.2 Å². The average Bonchev–Trinajstić information content (AvgIpc) is 3.14. The van der Waals surface area contributed by atoms with Crippen molar-refractivity contribution < 1.29 is 19.1 Å². The molecule has 0 atom stereocenters. The molecule has 0 aliphatic carbocycles. The van der Waals surface area contributed by atoms with Gasteiger partial charge in [-0.3, -0.25) is 0 Å². The summed E-state index contributed by atoms with van der Waals surface area (Å²) in [6, 6.07) is 21.3. The molecule has 0 saturated heterocycles. The number of rotatable bonds is 6. The smallest absolute Gasteiger partial charge is 0.368 e. The fraction of sp³-hybridized carbons (Fsp3) is 0.120. The topological polar surface area (TPSA) is 57.1 Å². The lowest BCUT2D eigenvalue weighted by Crippen LogP contribution is -2.06. The van der Waals surface area contributed by atoms with E-state index in [0.717, 1.165) is 21.2 Å². The SMILES string of the molecule is COc1cc(/C=C2\C(=O)ON=C2c2ccccc2)cc(Br)c1OCc1ccc(C)cc1. The zero-order chi connectivity index (χ0) is 21.8. The van der Waals surface area contributed by atoms with Crippen molar-refractivity contribution in [2.24, 2.45) is 5.16 Å². The first-order valence-corrected chi connectivity index (χ1v) is 10.5. The molecule has 1 aliphatic heterocycles. The third-order valence-electron chi connectivity index (χ3n) is 4.81. The molecule has 0 spiro atoms. The van der Waals surface area contributed by atoms with E-state index in [4.69, 9.17) is 14.3 Å². The Bertz CT molecular complexity index is 1170. The third kappa shape index (κ3) is 4.70. The highest BCUT2D eigenvalue weighted by atomic mass is 79.9. The van der Waals surface area contributed by atoms with E-state index >= 15 is 0 Å². The van der Waals surface area contributed by atoms with Crippen LogP contribution in [0.25, 0.3) is 6.08 Å². The number of hydrogen-bond donors (Lipinski definition) is 0. The molecule has 0 unspecified atom stereocenters. The number of hydrogen-bond acceptors (Lipinski definition) is 5. The molecule has 5 nitrogen and oxygen atoms in total. The molecular formula is C25H20BrNO4. The zero-order valence-corrected chi connectivity index (χ0v) is 18.7. The highest BCUT2D eigenvalue weighted by molar-refractivity contribution is 9.10. The molecule has 1 heterocycles. The standard InChI is InChI=1S/C25H20BrNO4/c1-16-8-10-17(11-9-16)15-30-24-21(26)13-18(14-22(24)29-2)12-20-23(27-31-25(20)28)19-6-4-3-5-7-19/h3-14H,15H2,1-2H3/b20-12-. The number of nitrogens with zero attached hydrogens (tertiary/aromatic N) is 1. The van der Waals surface area contributed by atoms with Gasteiger partial charge in [-0.15, -0.1) is 0 Å². The van der Waals surface area contributed by atoms with Gasteiger partial charge in [0, 0.05) is 5.56 Å². The average molecular weight is 478 g/mol.